The third-order valence-electron chi connectivity index (χ3n) is 4.40. The van der Waals surface area contributed by atoms with Gasteiger partial charge in [0.25, 0.3) is 0 Å². The van der Waals surface area contributed by atoms with Crippen LogP contribution < -0.4 is 5.32 Å². The van der Waals surface area contributed by atoms with Crippen LogP contribution >= 0.6 is 0 Å². The van der Waals surface area contributed by atoms with E-state index in [1.807, 2.05) is 30.3 Å². The number of hydrogen-bond acceptors (Lipinski definition) is 2. The van der Waals surface area contributed by atoms with Crippen LogP contribution in [-0.2, 0) is 4.79 Å². The van der Waals surface area contributed by atoms with Crippen molar-refractivity contribution in [2.24, 2.45) is 5.92 Å². The zero-order valence-corrected chi connectivity index (χ0v) is 12.8. The Balaban J connectivity index is 1.83. The minimum Gasteiger partial charge on any atom is -0.393 e. The molecule has 0 saturated heterocycles. The van der Waals surface area contributed by atoms with Gasteiger partial charge in [-0.05, 0) is 42.5 Å². The second kappa shape index (κ2) is 6.92. The van der Waals surface area contributed by atoms with Gasteiger partial charge in [0, 0.05) is 5.92 Å². The van der Waals surface area contributed by atoms with Crippen molar-refractivity contribution in [2.45, 2.75) is 31.4 Å². The van der Waals surface area contributed by atoms with Crippen molar-refractivity contribution in [3.05, 3.63) is 71.5 Å². The number of aliphatic hydroxyl groups excluding tert-OH is 1. The first-order chi connectivity index (χ1) is 11.1. The van der Waals surface area contributed by atoms with Gasteiger partial charge in [-0.2, -0.15) is 0 Å². The Labute approximate surface area is 135 Å². The summed E-state index contributed by atoms with van der Waals surface area (Å²) in [5, 5.41) is 12.7. The molecule has 1 aliphatic carbocycles. The Morgan fingerprint density at radius 1 is 1.04 bits per heavy atom. The molecule has 1 amide bonds. The number of carbonyl (C=O) groups excluding carboxylic acids is 1. The maximum absolute atomic E-state index is 13.2. The fourth-order valence-corrected chi connectivity index (χ4v) is 3.12. The maximum atomic E-state index is 13.2. The van der Waals surface area contributed by atoms with Gasteiger partial charge < -0.3 is 10.4 Å². The van der Waals surface area contributed by atoms with Gasteiger partial charge in [0.1, 0.15) is 5.82 Å². The molecule has 120 valence electrons. The minimum absolute atomic E-state index is 0.0558. The maximum Gasteiger partial charge on any atom is 0.223 e. The number of benzene rings is 2. The molecule has 2 aromatic rings. The zero-order valence-electron chi connectivity index (χ0n) is 12.8. The van der Waals surface area contributed by atoms with Gasteiger partial charge in [0.05, 0.1) is 12.1 Å². The molecule has 0 bridgehead atoms. The van der Waals surface area contributed by atoms with Crippen molar-refractivity contribution >= 4 is 5.91 Å². The Hall–Kier alpha value is -2.20. The highest BCUT2D eigenvalue weighted by Crippen LogP contribution is 2.28. The standard InChI is InChI=1S/C19H20FNO2/c20-16-9-6-14(7-10-16)18(13-4-2-1-3-5-13)21-19(23)15-8-11-17(22)12-15/h1-7,9-10,15,17-18,22H,8,11-12H2,(H,21,23)/t15-,17-,18-/m1/s1. The number of amides is 1. The molecule has 0 spiro atoms. The van der Waals surface area contributed by atoms with E-state index in [1.165, 1.54) is 12.1 Å². The smallest absolute Gasteiger partial charge is 0.223 e. The van der Waals surface area contributed by atoms with E-state index in [4.69, 9.17) is 0 Å². The first kappa shape index (κ1) is 15.7. The fourth-order valence-electron chi connectivity index (χ4n) is 3.12. The molecule has 0 aliphatic heterocycles. The van der Waals surface area contributed by atoms with Crippen LogP contribution in [0.5, 0.6) is 0 Å². The third-order valence-corrected chi connectivity index (χ3v) is 4.40. The number of aliphatic hydroxyl groups is 1. The Bertz CT molecular complexity index is 657. The fraction of sp³-hybridized carbons (Fsp3) is 0.316. The SMILES string of the molecule is O=C(N[C@H](c1ccccc1)c1ccc(F)cc1)[C@@H]1CC[C@@H](O)C1. The van der Waals surface area contributed by atoms with Crippen LogP contribution in [0.4, 0.5) is 4.39 Å². The van der Waals surface area contributed by atoms with Gasteiger partial charge in [-0.25, -0.2) is 4.39 Å². The van der Waals surface area contributed by atoms with Crippen LogP contribution in [0.1, 0.15) is 36.4 Å². The summed E-state index contributed by atoms with van der Waals surface area (Å²) in [6, 6.07) is 15.5. The molecular weight excluding hydrogens is 293 g/mol. The van der Waals surface area contributed by atoms with Crippen LogP contribution in [0.3, 0.4) is 0 Å². The van der Waals surface area contributed by atoms with Crippen molar-refractivity contribution in [3.8, 4) is 0 Å². The van der Waals surface area contributed by atoms with E-state index in [2.05, 4.69) is 5.32 Å². The monoisotopic (exact) mass is 313 g/mol. The van der Waals surface area contributed by atoms with Gasteiger partial charge in [-0.1, -0.05) is 42.5 Å². The largest absolute Gasteiger partial charge is 0.393 e. The quantitative estimate of drug-likeness (QED) is 0.911. The third kappa shape index (κ3) is 3.77. The molecule has 1 aliphatic rings. The average Bonchev–Trinajstić information content (AvgIpc) is 3.01. The highest BCUT2D eigenvalue weighted by molar-refractivity contribution is 5.80. The Morgan fingerprint density at radius 2 is 1.70 bits per heavy atom. The summed E-state index contributed by atoms with van der Waals surface area (Å²) in [6.45, 7) is 0. The highest BCUT2D eigenvalue weighted by Gasteiger charge is 2.30. The van der Waals surface area contributed by atoms with Crippen LogP contribution in [0.2, 0.25) is 0 Å². The molecule has 2 aromatic carbocycles. The molecule has 3 atom stereocenters. The van der Waals surface area contributed by atoms with Crippen molar-refractivity contribution < 1.29 is 14.3 Å². The summed E-state index contributed by atoms with van der Waals surface area (Å²) in [4.78, 5) is 12.5. The van der Waals surface area contributed by atoms with Crippen molar-refractivity contribution in [3.63, 3.8) is 0 Å². The predicted octanol–water partition coefficient (Wildman–Crippen LogP) is 3.19. The Kier molecular flexibility index (Phi) is 4.72. The summed E-state index contributed by atoms with van der Waals surface area (Å²) < 4.78 is 13.2. The Morgan fingerprint density at radius 3 is 2.30 bits per heavy atom. The molecule has 0 unspecified atom stereocenters. The number of carbonyl (C=O) groups is 1. The molecule has 23 heavy (non-hydrogen) atoms. The van der Waals surface area contributed by atoms with E-state index >= 15 is 0 Å². The summed E-state index contributed by atoms with van der Waals surface area (Å²) >= 11 is 0. The lowest BCUT2D eigenvalue weighted by Crippen LogP contribution is -2.34. The molecule has 0 aromatic heterocycles. The summed E-state index contributed by atoms with van der Waals surface area (Å²) in [7, 11) is 0. The summed E-state index contributed by atoms with van der Waals surface area (Å²) in [6.07, 6.45) is 1.51. The van der Waals surface area contributed by atoms with E-state index in [0.717, 1.165) is 11.1 Å². The van der Waals surface area contributed by atoms with Gasteiger partial charge in [0.2, 0.25) is 5.91 Å². The normalized spacial score (nSPS) is 21.8. The van der Waals surface area contributed by atoms with Gasteiger partial charge in [-0.15, -0.1) is 0 Å². The van der Waals surface area contributed by atoms with Crippen molar-refractivity contribution in [1.29, 1.82) is 0 Å². The highest BCUT2D eigenvalue weighted by atomic mass is 19.1. The molecule has 3 nitrogen and oxygen atoms in total. The van der Waals surface area contributed by atoms with Crippen LogP contribution in [0, 0.1) is 11.7 Å². The second-order valence-corrected chi connectivity index (χ2v) is 6.07. The molecule has 0 radical (unpaired) electrons. The van der Waals surface area contributed by atoms with Crippen LogP contribution in [-0.4, -0.2) is 17.1 Å². The van der Waals surface area contributed by atoms with Crippen molar-refractivity contribution in [2.75, 3.05) is 0 Å². The van der Waals surface area contributed by atoms with E-state index in [0.29, 0.717) is 19.3 Å². The van der Waals surface area contributed by atoms with E-state index in [1.54, 1.807) is 12.1 Å². The second-order valence-electron chi connectivity index (χ2n) is 6.07. The molecule has 3 rings (SSSR count). The zero-order chi connectivity index (χ0) is 16.2. The van der Waals surface area contributed by atoms with Gasteiger partial charge >= 0.3 is 0 Å². The molecular formula is C19H20FNO2. The first-order valence-electron chi connectivity index (χ1n) is 7.92. The molecule has 2 N–H and O–H groups in total. The van der Waals surface area contributed by atoms with Crippen LogP contribution in [0.25, 0.3) is 0 Å². The van der Waals surface area contributed by atoms with Gasteiger partial charge in [-0.3, -0.25) is 4.79 Å². The van der Waals surface area contributed by atoms with E-state index < -0.39 is 0 Å². The predicted molar refractivity (Wildman–Crippen MR) is 86.2 cm³/mol. The van der Waals surface area contributed by atoms with E-state index in [-0.39, 0.29) is 29.8 Å². The molecule has 1 fully saturated rings. The number of nitrogens with one attached hydrogen (secondary N) is 1. The summed E-state index contributed by atoms with van der Waals surface area (Å²) in [5.41, 5.74) is 1.79. The molecule has 0 heterocycles. The lowest BCUT2D eigenvalue weighted by Gasteiger charge is -2.22. The molecule has 1 saturated carbocycles. The van der Waals surface area contributed by atoms with Crippen molar-refractivity contribution in [1.82, 2.24) is 5.32 Å². The lowest BCUT2D eigenvalue weighted by atomic mass is 9.97. The van der Waals surface area contributed by atoms with Gasteiger partial charge in [0.15, 0.2) is 0 Å². The number of hydrogen-bond donors (Lipinski definition) is 2. The average molecular weight is 313 g/mol. The van der Waals surface area contributed by atoms with E-state index in [9.17, 15) is 14.3 Å². The lowest BCUT2D eigenvalue weighted by molar-refractivity contribution is -0.125. The summed E-state index contributed by atoms with van der Waals surface area (Å²) in [5.74, 6) is -0.512. The molecule has 4 heteroatoms. The van der Waals surface area contributed by atoms with Crippen LogP contribution in [0.15, 0.2) is 54.6 Å². The number of halogens is 1. The first-order valence-corrected chi connectivity index (χ1v) is 7.92. The number of rotatable bonds is 4. The minimum atomic E-state index is -0.383. The topological polar surface area (TPSA) is 49.3 Å².